The molecule has 0 heterocycles. The zero-order valence-corrected chi connectivity index (χ0v) is 15.3. The van der Waals surface area contributed by atoms with E-state index in [4.69, 9.17) is 0 Å². The van der Waals surface area contributed by atoms with Crippen LogP contribution in [0.15, 0.2) is 0 Å². The summed E-state index contributed by atoms with van der Waals surface area (Å²) in [5, 5.41) is 0. The predicted octanol–water partition coefficient (Wildman–Crippen LogP) is 7.76. The Morgan fingerprint density at radius 2 is 1.00 bits per heavy atom. The van der Waals surface area contributed by atoms with Gasteiger partial charge in [0.1, 0.15) is 0 Å². The van der Waals surface area contributed by atoms with Gasteiger partial charge >= 0.3 is 0 Å². The summed E-state index contributed by atoms with van der Waals surface area (Å²) in [6, 6.07) is 0. The van der Waals surface area contributed by atoms with Gasteiger partial charge in [-0.1, -0.05) is 92.4 Å². The highest BCUT2D eigenvalue weighted by Crippen LogP contribution is 2.41. The molecule has 0 aromatic rings. The zero-order chi connectivity index (χ0) is 15.3. The molecule has 0 N–H and O–H groups in total. The lowest BCUT2D eigenvalue weighted by molar-refractivity contribution is 0.175. The topological polar surface area (TPSA) is 0 Å². The van der Waals surface area contributed by atoms with Crippen LogP contribution in [-0.4, -0.2) is 0 Å². The highest BCUT2D eigenvalue weighted by atomic mass is 14.3. The van der Waals surface area contributed by atoms with Crippen LogP contribution >= 0.6 is 0 Å². The van der Waals surface area contributed by atoms with E-state index in [1.54, 1.807) is 0 Å². The molecule has 0 heteroatoms. The molecule has 0 aromatic heterocycles. The van der Waals surface area contributed by atoms with E-state index >= 15 is 0 Å². The highest BCUT2D eigenvalue weighted by molar-refractivity contribution is 4.79. The molecule has 122 valence electrons. The Kier molecular flexibility index (Phi) is 12.7. The van der Waals surface area contributed by atoms with Crippen molar-refractivity contribution in [1.82, 2.24) is 0 Å². The van der Waals surface area contributed by atoms with Gasteiger partial charge in [-0.25, -0.2) is 0 Å². The third-order valence-corrected chi connectivity index (χ3v) is 4.92. The molecule has 0 nitrogen and oxygen atoms in total. The maximum absolute atomic E-state index is 2.36. The minimum Gasteiger partial charge on any atom is -0.0654 e. The van der Waals surface area contributed by atoms with Gasteiger partial charge in [0, 0.05) is 0 Å². The third-order valence-electron chi connectivity index (χ3n) is 4.92. The molecule has 0 radical (unpaired) electrons. The minimum atomic E-state index is 0.693. The van der Waals surface area contributed by atoms with Gasteiger partial charge in [-0.3, -0.25) is 0 Å². The summed E-state index contributed by atoms with van der Waals surface area (Å²) in [5.74, 6) is 0.881. The molecule has 0 aliphatic heterocycles. The second-order valence-corrected chi connectivity index (χ2v) is 7.45. The number of unbranched alkanes of at least 4 members (excludes halogenated alkanes) is 4. The monoisotopic (exact) mass is 282 g/mol. The molecule has 0 rings (SSSR count). The van der Waals surface area contributed by atoms with Crippen molar-refractivity contribution in [3.05, 3.63) is 0 Å². The molecule has 0 atom stereocenters. The average molecular weight is 283 g/mol. The van der Waals surface area contributed by atoms with Crippen LogP contribution in [0.4, 0.5) is 0 Å². The summed E-state index contributed by atoms with van der Waals surface area (Å²) in [6.45, 7) is 11.8. The van der Waals surface area contributed by atoms with E-state index in [1.165, 1.54) is 83.5 Å². The van der Waals surface area contributed by atoms with Crippen LogP contribution in [0.3, 0.4) is 0 Å². The quantitative estimate of drug-likeness (QED) is 0.285. The van der Waals surface area contributed by atoms with Crippen LogP contribution in [-0.2, 0) is 0 Å². The first-order chi connectivity index (χ1) is 9.60. The largest absolute Gasteiger partial charge is 0.0654 e. The van der Waals surface area contributed by atoms with E-state index < -0.39 is 0 Å². The summed E-state index contributed by atoms with van der Waals surface area (Å²) in [4.78, 5) is 0. The summed E-state index contributed by atoms with van der Waals surface area (Å²) >= 11 is 0. The van der Waals surface area contributed by atoms with E-state index in [9.17, 15) is 0 Å². The molecule has 0 saturated heterocycles. The maximum atomic E-state index is 2.36. The van der Waals surface area contributed by atoms with Gasteiger partial charge in [0.2, 0.25) is 0 Å². The van der Waals surface area contributed by atoms with Crippen LogP contribution in [0.5, 0.6) is 0 Å². The minimum absolute atomic E-state index is 0.693. The van der Waals surface area contributed by atoms with Gasteiger partial charge in [0.25, 0.3) is 0 Å². The van der Waals surface area contributed by atoms with Gasteiger partial charge in [-0.2, -0.15) is 0 Å². The van der Waals surface area contributed by atoms with Crippen molar-refractivity contribution in [2.24, 2.45) is 11.3 Å². The summed E-state index contributed by atoms with van der Waals surface area (Å²) in [7, 11) is 0. The second kappa shape index (κ2) is 12.7. The highest BCUT2D eigenvalue weighted by Gasteiger charge is 2.27. The third kappa shape index (κ3) is 9.83. The maximum Gasteiger partial charge on any atom is -0.0297 e. The first-order valence-corrected chi connectivity index (χ1v) is 9.60. The predicted molar refractivity (Wildman–Crippen MR) is 94.3 cm³/mol. The molecular formula is C20H42. The van der Waals surface area contributed by atoms with Crippen LogP contribution in [0.25, 0.3) is 0 Å². The smallest absolute Gasteiger partial charge is 0.0297 e. The Morgan fingerprint density at radius 3 is 1.35 bits per heavy atom. The van der Waals surface area contributed by atoms with E-state index in [0.29, 0.717) is 5.41 Å². The summed E-state index contributed by atoms with van der Waals surface area (Å²) in [5.41, 5.74) is 0.693. The van der Waals surface area contributed by atoms with Crippen molar-refractivity contribution in [1.29, 1.82) is 0 Å². The molecule has 0 aromatic carbocycles. The molecule has 0 fully saturated rings. The number of hydrogen-bond donors (Lipinski definition) is 0. The molecule has 0 amide bonds. The zero-order valence-electron chi connectivity index (χ0n) is 15.3. The van der Waals surface area contributed by atoms with E-state index in [2.05, 4.69) is 34.6 Å². The van der Waals surface area contributed by atoms with Gasteiger partial charge in [0.15, 0.2) is 0 Å². The summed E-state index contributed by atoms with van der Waals surface area (Å²) in [6.07, 6.45) is 18.7. The molecule has 0 spiro atoms. The average Bonchev–Trinajstić information content (AvgIpc) is 2.44. The first kappa shape index (κ1) is 20.0. The normalized spacial score (nSPS) is 12.3. The van der Waals surface area contributed by atoms with Gasteiger partial charge < -0.3 is 0 Å². The SMILES string of the molecule is CCCCC(CCCC)(CCCC)CCCCC(C)C. The van der Waals surface area contributed by atoms with E-state index in [1.807, 2.05) is 0 Å². The fourth-order valence-corrected chi connectivity index (χ4v) is 3.46. The standard InChI is InChI=1S/C20H42/c1-6-9-15-20(16-10-7-2,17-11-8-3)18-13-12-14-19(4)5/h19H,6-18H2,1-5H3. The van der Waals surface area contributed by atoms with Crippen molar-refractivity contribution >= 4 is 0 Å². The lowest BCUT2D eigenvalue weighted by Gasteiger charge is -2.35. The summed E-state index contributed by atoms with van der Waals surface area (Å²) < 4.78 is 0. The Morgan fingerprint density at radius 1 is 0.600 bits per heavy atom. The van der Waals surface area contributed by atoms with Crippen molar-refractivity contribution in [3.8, 4) is 0 Å². The lowest BCUT2D eigenvalue weighted by Crippen LogP contribution is -2.21. The number of hydrogen-bond acceptors (Lipinski definition) is 0. The molecule has 20 heavy (non-hydrogen) atoms. The van der Waals surface area contributed by atoms with Gasteiger partial charge in [-0.05, 0) is 37.0 Å². The van der Waals surface area contributed by atoms with E-state index in [0.717, 1.165) is 5.92 Å². The fourth-order valence-electron chi connectivity index (χ4n) is 3.46. The van der Waals surface area contributed by atoms with Crippen molar-refractivity contribution in [2.45, 2.75) is 118 Å². The Balaban J connectivity index is 4.41. The van der Waals surface area contributed by atoms with E-state index in [-0.39, 0.29) is 0 Å². The first-order valence-electron chi connectivity index (χ1n) is 9.60. The number of rotatable bonds is 14. The van der Waals surface area contributed by atoms with Crippen LogP contribution in [0, 0.1) is 11.3 Å². The van der Waals surface area contributed by atoms with Crippen molar-refractivity contribution in [3.63, 3.8) is 0 Å². The molecule has 0 aliphatic rings. The van der Waals surface area contributed by atoms with Gasteiger partial charge in [0.05, 0.1) is 0 Å². The molecule has 0 saturated carbocycles. The Labute approximate surface area is 130 Å². The molecular weight excluding hydrogens is 240 g/mol. The molecule has 0 unspecified atom stereocenters. The Hall–Kier alpha value is 0. The molecule has 0 bridgehead atoms. The fraction of sp³-hybridized carbons (Fsp3) is 1.00. The van der Waals surface area contributed by atoms with Crippen LogP contribution < -0.4 is 0 Å². The Bertz CT molecular complexity index is 170. The van der Waals surface area contributed by atoms with Crippen LogP contribution in [0.2, 0.25) is 0 Å². The van der Waals surface area contributed by atoms with Crippen LogP contribution in [0.1, 0.15) is 118 Å². The van der Waals surface area contributed by atoms with Crippen molar-refractivity contribution < 1.29 is 0 Å². The molecule has 0 aliphatic carbocycles. The van der Waals surface area contributed by atoms with Crippen molar-refractivity contribution in [2.75, 3.05) is 0 Å². The lowest BCUT2D eigenvalue weighted by atomic mass is 9.71. The van der Waals surface area contributed by atoms with Gasteiger partial charge in [-0.15, -0.1) is 0 Å². The second-order valence-electron chi connectivity index (χ2n) is 7.45.